The van der Waals surface area contributed by atoms with Crippen LogP contribution in [0.2, 0.25) is 0 Å². The van der Waals surface area contributed by atoms with Gasteiger partial charge in [0.1, 0.15) is 24.3 Å². The fourth-order valence-corrected chi connectivity index (χ4v) is 4.41. The molecule has 1 aromatic rings. The van der Waals surface area contributed by atoms with Gasteiger partial charge in [-0.2, -0.15) is 0 Å². The van der Waals surface area contributed by atoms with E-state index in [1.165, 1.54) is 11.8 Å². The molecule has 9 nitrogen and oxygen atoms in total. The molecule has 2 aliphatic heterocycles. The predicted octanol–water partition coefficient (Wildman–Crippen LogP) is 3.12. The van der Waals surface area contributed by atoms with Gasteiger partial charge in [-0.25, -0.2) is 9.59 Å². The summed E-state index contributed by atoms with van der Waals surface area (Å²) in [5, 5.41) is 2.65. The molecule has 190 valence electrons. The quantitative estimate of drug-likeness (QED) is 0.358. The number of nitrogens with one attached hydrogen (secondary N) is 1. The highest BCUT2D eigenvalue weighted by atomic mass is 16.6. The van der Waals surface area contributed by atoms with Gasteiger partial charge >= 0.3 is 18.0 Å². The lowest BCUT2D eigenvalue weighted by Crippen LogP contribution is -2.54. The number of carbonyl (C=O) groups is 4. The molecule has 0 unspecified atom stereocenters. The molecule has 3 rings (SSSR count). The molecule has 0 spiro atoms. The van der Waals surface area contributed by atoms with Crippen LogP contribution in [0.3, 0.4) is 0 Å². The summed E-state index contributed by atoms with van der Waals surface area (Å²) in [6.45, 7) is 6.93. The van der Waals surface area contributed by atoms with Gasteiger partial charge in [-0.1, -0.05) is 42.5 Å². The Morgan fingerprint density at radius 3 is 2.49 bits per heavy atom. The van der Waals surface area contributed by atoms with Crippen molar-refractivity contribution in [3.05, 3.63) is 48.0 Å². The summed E-state index contributed by atoms with van der Waals surface area (Å²) in [5.41, 5.74) is 0.112. The number of amides is 2. The van der Waals surface area contributed by atoms with Gasteiger partial charge in [-0.05, 0) is 51.5 Å². The number of benzene rings is 1. The highest BCUT2D eigenvalue weighted by Crippen LogP contribution is 2.36. The maximum atomic E-state index is 13.6. The predicted molar refractivity (Wildman–Crippen MR) is 127 cm³/mol. The number of nitrogens with zero attached hydrogens (tertiary/aromatic N) is 1. The Morgan fingerprint density at radius 2 is 1.83 bits per heavy atom. The minimum atomic E-state index is -0.878. The molecule has 0 aliphatic carbocycles. The molecular formula is C26H34N2O7. The first-order chi connectivity index (χ1) is 16.5. The maximum absolute atomic E-state index is 13.6. The van der Waals surface area contributed by atoms with E-state index in [4.69, 9.17) is 14.2 Å². The first kappa shape index (κ1) is 26.2. The van der Waals surface area contributed by atoms with Crippen LogP contribution in [0.1, 0.15) is 52.5 Å². The summed E-state index contributed by atoms with van der Waals surface area (Å²) in [4.78, 5) is 51.8. The summed E-state index contributed by atoms with van der Waals surface area (Å²) in [5.74, 6) is -1.35. The third-order valence-corrected chi connectivity index (χ3v) is 5.90. The van der Waals surface area contributed by atoms with Gasteiger partial charge in [-0.3, -0.25) is 9.59 Å². The van der Waals surface area contributed by atoms with E-state index in [1.807, 2.05) is 42.5 Å². The molecule has 0 radical (unpaired) electrons. The van der Waals surface area contributed by atoms with Crippen molar-refractivity contribution in [2.75, 3.05) is 6.61 Å². The Morgan fingerprint density at radius 1 is 1.11 bits per heavy atom. The maximum Gasteiger partial charge on any atom is 0.408 e. The first-order valence-corrected chi connectivity index (χ1v) is 11.9. The molecule has 2 aliphatic rings. The number of ether oxygens (including phenoxy) is 3. The summed E-state index contributed by atoms with van der Waals surface area (Å²) < 4.78 is 16.0. The summed E-state index contributed by atoms with van der Waals surface area (Å²) in [6.07, 6.45) is 4.15. The fourth-order valence-electron chi connectivity index (χ4n) is 4.41. The number of fused-ring (bicyclic) bond motifs is 1. The van der Waals surface area contributed by atoms with E-state index in [2.05, 4.69) is 5.32 Å². The summed E-state index contributed by atoms with van der Waals surface area (Å²) >= 11 is 0. The smallest absolute Gasteiger partial charge is 0.408 e. The Kier molecular flexibility index (Phi) is 8.53. The number of esters is 2. The van der Waals surface area contributed by atoms with Crippen LogP contribution in [0, 0.1) is 5.92 Å². The Labute approximate surface area is 205 Å². The second kappa shape index (κ2) is 11.4. The molecule has 35 heavy (non-hydrogen) atoms. The fraction of sp³-hybridized carbons (Fsp3) is 0.538. The Balaban J connectivity index is 1.72. The van der Waals surface area contributed by atoms with Crippen LogP contribution in [0.15, 0.2) is 42.5 Å². The third kappa shape index (κ3) is 7.31. The van der Waals surface area contributed by atoms with Crippen molar-refractivity contribution in [1.29, 1.82) is 0 Å². The van der Waals surface area contributed by atoms with Gasteiger partial charge in [0.2, 0.25) is 5.91 Å². The van der Waals surface area contributed by atoms with Crippen LogP contribution in [0.4, 0.5) is 4.79 Å². The zero-order chi connectivity index (χ0) is 25.6. The highest BCUT2D eigenvalue weighted by Gasteiger charge is 2.49. The van der Waals surface area contributed by atoms with Crippen molar-refractivity contribution in [3.8, 4) is 0 Å². The van der Waals surface area contributed by atoms with Crippen LogP contribution < -0.4 is 5.32 Å². The molecule has 2 heterocycles. The molecule has 1 aromatic carbocycles. The largest absolute Gasteiger partial charge is 0.466 e. The van der Waals surface area contributed by atoms with E-state index in [0.29, 0.717) is 12.8 Å². The zero-order valence-corrected chi connectivity index (χ0v) is 20.7. The molecule has 1 saturated heterocycles. The van der Waals surface area contributed by atoms with E-state index in [-0.39, 0.29) is 43.5 Å². The van der Waals surface area contributed by atoms with Crippen molar-refractivity contribution in [2.45, 2.75) is 77.3 Å². The average Bonchev–Trinajstić information content (AvgIpc) is 3.06. The molecule has 1 N–H and O–H groups in total. The summed E-state index contributed by atoms with van der Waals surface area (Å²) in [6, 6.07) is 7.18. The molecule has 0 aromatic heterocycles. The number of alkyl carbamates (subject to hydrolysis) is 1. The minimum absolute atomic E-state index is 0.0779. The molecular weight excluding hydrogens is 452 g/mol. The van der Waals surface area contributed by atoms with E-state index in [1.54, 1.807) is 20.8 Å². The van der Waals surface area contributed by atoms with E-state index in [9.17, 15) is 19.2 Å². The van der Waals surface area contributed by atoms with E-state index < -0.39 is 29.7 Å². The minimum Gasteiger partial charge on any atom is -0.466 e. The average molecular weight is 487 g/mol. The van der Waals surface area contributed by atoms with Gasteiger partial charge in [0.15, 0.2) is 0 Å². The SMILES string of the molecule is CC(=O)OCC[C@H]1C[C@@H](C(=O)OC(C)(C)C)N2C(=O)[C@H](NC(=O)OCc3ccccc3)CC=C[C@H]12. The second-order valence-electron chi connectivity index (χ2n) is 9.83. The van der Waals surface area contributed by atoms with Crippen molar-refractivity contribution in [3.63, 3.8) is 0 Å². The van der Waals surface area contributed by atoms with Crippen molar-refractivity contribution < 1.29 is 33.4 Å². The molecule has 4 atom stereocenters. The van der Waals surface area contributed by atoms with Crippen LogP contribution in [-0.2, 0) is 35.2 Å². The first-order valence-electron chi connectivity index (χ1n) is 11.9. The van der Waals surface area contributed by atoms with Gasteiger partial charge in [0.25, 0.3) is 0 Å². The molecule has 1 fully saturated rings. The highest BCUT2D eigenvalue weighted by molar-refractivity contribution is 5.91. The number of rotatable bonds is 7. The summed E-state index contributed by atoms with van der Waals surface area (Å²) in [7, 11) is 0. The van der Waals surface area contributed by atoms with Gasteiger partial charge in [-0.15, -0.1) is 0 Å². The Bertz CT molecular complexity index is 954. The molecule has 0 bridgehead atoms. The number of hydrogen-bond donors (Lipinski definition) is 1. The molecule has 9 heteroatoms. The third-order valence-electron chi connectivity index (χ3n) is 5.90. The number of hydrogen-bond acceptors (Lipinski definition) is 7. The van der Waals surface area contributed by atoms with Crippen LogP contribution in [0.5, 0.6) is 0 Å². The lowest BCUT2D eigenvalue weighted by Gasteiger charge is -2.32. The van der Waals surface area contributed by atoms with E-state index >= 15 is 0 Å². The number of carbonyl (C=O) groups excluding carboxylic acids is 4. The van der Waals surface area contributed by atoms with Crippen LogP contribution in [-0.4, -0.2) is 59.2 Å². The van der Waals surface area contributed by atoms with Crippen molar-refractivity contribution in [2.24, 2.45) is 5.92 Å². The lowest BCUT2D eigenvalue weighted by molar-refractivity contribution is -0.164. The zero-order valence-electron chi connectivity index (χ0n) is 20.7. The normalized spacial score (nSPS) is 23.8. The standard InChI is InChI=1S/C26H34N2O7/c1-17(29)33-14-13-19-15-22(24(31)35-26(2,3)4)28-21(19)12-8-11-20(23(28)30)27-25(32)34-16-18-9-6-5-7-10-18/h5-10,12,19-22H,11,13-16H2,1-4H3,(H,27,32)/t19-,20+,21+,22-/m0/s1. The van der Waals surface area contributed by atoms with Gasteiger partial charge in [0, 0.05) is 6.92 Å². The second-order valence-corrected chi connectivity index (χ2v) is 9.83. The monoisotopic (exact) mass is 486 g/mol. The molecule has 0 saturated carbocycles. The Hall–Kier alpha value is -3.36. The lowest BCUT2D eigenvalue weighted by atomic mass is 9.95. The molecule has 2 amide bonds. The van der Waals surface area contributed by atoms with Crippen molar-refractivity contribution in [1.82, 2.24) is 10.2 Å². The van der Waals surface area contributed by atoms with Crippen LogP contribution in [0.25, 0.3) is 0 Å². The van der Waals surface area contributed by atoms with Crippen LogP contribution >= 0.6 is 0 Å². The van der Waals surface area contributed by atoms with Gasteiger partial charge < -0.3 is 24.4 Å². The topological polar surface area (TPSA) is 111 Å². The van der Waals surface area contributed by atoms with Crippen molar-refractivity contribution >= 4 is 23.9 Å². The van der Waals surface area contributed by atoms with E-state index in [0.717, 1.165) is 5.56 Å². The van der Waals surface area contributed by atoms with Gasteiger partial charge in [0.05, 0.1) is 12.6 Å².